The van der Waals surface area contributed by atoms with Crippen LogP contribution < -0.4 is 5.32 Å². The molecule has 4 nitrogen and oxygen atoms in total. The molecule has 4 heteroatoms. The van der Waals surface area contributed by atoms with E-state index in [2.05, 4.69) is 129 Å². The van der Waals surface area contributed by atoms with Crippen LogP contribution in [0.25, 0.3) is 0 Å². The highest BCUT2D eigenvalue weighted by Gasteiger charge is 2.18. The second-order valence-corrected chi connectivity index (χ2v) is 21.1. The van der Waals surface area contributed by atoms with E-state index in [9.17, 15) is 15.0 Å². The van der Waals surface area contributed by atoms with Gasteiger partial charge in [-0.05, 0) is 103 Å². The Bertz CT molecular complexity index is 1440. The maximum atomic E-state index is 12.5. The summed E-state index contributed by atoms with van der Waals surface area (Å²) in [5.74, 6) is -0.0815. The molecule has 0 rings (SSSR count). The van der Waals surface area contributed by atoms with Crippen LogP contribution in [0.15, 0.2) is 122 Å². The fourth-order valence-electron chi connectivity index (χ4n) is 9.13. The van der Waals surface area contributed by atoms with Crippen LogP contribution in [-0.4, -0.2) is 34.9 Å². The standard InChI is InChI=1S/C70H121NO3/c1-3-5-7-9-11-13-15-17-19-21-23-25-27-29-31-32-33-34-35-36-37-38-40-42-44-46-48-50-52-54-56-58-60-62-64-66-70(74)71-68(67-72)69(73)65-63-61-59-57-55-53-51-49-47-45-43-41-39-30-28-26-24-22-20-18-16-14-12-10-8-6-4-2/h5,7,11,13,17,19,23,25,29,31,33-34,36-37,47,49,55,57,63,65,68-69,72-73H,3-4,6,8-10,12,14-16,18,20-22,24,26-28,30,32,35,38-46,48,50-54,56,58-62,64,66-67H2,1-2H3,(H,71,74)/b7-5-,13-11-,19-17-,25-23-,31-29-,34-33-,37-36-,49-47+,57-55+,65-63+. The number of nitrogens with one attached hydrogen (secondary N) is 1. The number of hydrogen-bond donors (Lipinski definition) is 3. The minimum atomic E-state index is -0.879. The maximum absolute atomic E-state index is 12.5. The lowest BCUT2D eigenvalue weighted by atomic mass is 10.0. The minimum Gasteiger partial charge on any atom is -0.394 e. The molecule has 0 fully saturated rings. The van der Waals surface area contributed by atoms with Gasteiger partial charge in [-0.2, -0.15) is 0 Å². The molecule has 0 aromatic carbocycles. The van der Waals surface area contributed by atoms with Crippen molar-refractivity contribution in [1.29, 1.82) is 0 Å². The Labute approximate surface area is 460 Å². The van der Waals surface area contributed by atoms with Gasteiger partial charge in [0.25, 0.3) is 0 Å². The number of amides is 1. The smallest absolute Gasteiger partial charge is 0.220 e. The van der Waals surface area contributed by atoms with E-state index in [1.54, 1.807) is 6.08 Å². The zero-order valence-electron chi connectivity index (χ0n) is 48.8. The van der Waals surface area contributed by atoms with Crippen LogP contribution in [0.5, 0.6) is 0 Å². The van der Waals surface area contributed by atoms with Gasteiger partial charge in [-0.25, -0.2) is 0 Å². The second kappa shape index (κ2) is 64.1. The van der Waals surface area contributed by atoms with Crippen LogP contribution in [0.2, 0.25) is 0 Å². The summed E-state index contributed by atoms with van der Waals surface area (Å²) >= 11 is 0. The number of aliphatic hydroxyl groups is 2. The Morgan fingerprint density at radius 3 is 0.946 bits per heavy atom. The van der Waals surface area contributed by atoms with Crippen molar-refractivity contribution in [3.05, 3.63) is 122 Å². The summed E-state index contributed by atoms with van der Waals surface area (Å²) in [6.07, 6.45) is 98.2. The number of unbranched alkanes of at least 4 members (excludes halogenated alkanes) is 32. The van der Waals surface area contributed by atoms with E-state index in [0.29, 0.717) is 6.42 Å². The van der Waals surface area contributed by atoms with E-state index in [4.69, 9.17) is 0 Å². The molecular formula is C70H121NO3. The molecule has 0 aliphatic carbocycles. The highest BCUT2D eigenvalue weighted by molar-refractivity contribution is 5.76. The summed E-state index contributed by atoms with van der Waals surface area (Å²) in [4.78, 5) is 12.5. The third-order valence-electron chi connectivity index (χ3n) is 13.9. The number of aliphatic hydroxyl groups excluding tert-OH is 2. The molecule has 0 saturated carbocycles. The maximum Gasteiger partial charge on any atom is 0.220 e. The topological polar surface area (TPSA) is 69.6 Å². The molecule has 0 radical (unpaired) electrons. The summed E-state index contributed by atoms with van der Waals surface area (Å²) in [7, 11) is 0. The number of allylic oxidation sites excluding steroid dienone is 19. The zero-order chi connectivity index (χ0) is 53.4. The highest BCUT2D eigenvalue weighted by atomic mass is 16.3. The highest BCUT2D eigenvalue weighted by Crippen LogP contribution is 2.16. The molecule has 0 bridgehead atoms. The lowest BCUT2D eigenvalue weighted by Crippen LogP contribution is -2.45. The third kappa shape index (κ3) is 59.7. The first-order chi connectivity index (χ1) is 36.7. The first kappa shape index (κ1) is 70.8. The Balaban J connectivity index is 3.58. The first-order valence-corrected chi connectivity index (χ1v) is 31.7. The number of carbonyl (C=O) groups is 1. The number of hydrogen-bond acceptors (Lipinski definition) is 3. The number of rotatable bonds is 57. The van der Waals surface area contributed by atoms with Crippen LogP contribution in [0, 0.1) is 0 Å². The van der Waals surface area contributed by atoms with Crippen molar-refractivity contribution >= 4 is 5.91 Å². The molecule has 0 saturated heterocycles. The summed E-state index contributed by atoms with van der Waals surface area (Å²) in [6, 6.07) is -0.655. The fraction of sp³-hybridized carbons (Fsp3) is 0.700. The van der Waals surface area contributed by atoms with Crippen LogP contribution in [0.1, 0.15) is 296 Å². The molecule has 0 aromatic rings. The van der Waals surface area contributed by atoms with Crippen LogP contribution in [0.4, 0.5) is 0 Å². The van der Waals surface area contributed by atoms with Crippen molar-refractivity contribution in [3.8, 4) is 0 Å². The molecule has 2 unspecified atom stereocenters. The van der Waals surface area contributed by atoms with Gasteiger partial charge in [0, 0.05) is 6.42 Å². The van der Waals surface area contributed by atoms with Crippen molar-refractivity contribution < 1.29 is 15.0 Å². The molecule has 74 heavy (non-hydrogen) atoms. The molecule has 0 heterocycles. The number of carbonyl (C=O) groups excluding carboxylic acids is 1. The van der Waals surface area contributed by atoms with Crippen LogP contribution >= 0.6 is 0 Å². The van der Waals surface area contributed by atoms with Gasteiger partial charge in [0.15, 0.2) is 0 Å². The van der Waals surface area contributed by atoms with Gasteiger partial charge in [-0.3, -0.25) is 4.79 Å². The average Bonchev–Trinajstić information content (AvgIpc) is 3.40. The van der Waals surface area contributed by atoms with Gasteiger partial charge in [0.1, 0.15) is 0 Å². The van der Waals surface area contributed by atoms with E-state index in [0.717, 1.165) is 83.5 Å². The van der Waals surface area contributed by atoms with E-state index >= 15 is 0 Å². The molecule has 0 spiro atoms. The van der Waals surface area contributed by atoms with E-state index < -0.39 is 12.1 Å². The van der Waals surface area contributed by atoms with E-state index in [-0.39, 0.29) is 12.5 Å². The van der Waals surface area contributed by atoms with Crippen LogP contribution in [0.3, 0.4) is 0 Å². The van der Waals surface area contributed by atoms with Gasteiger partial charge in [0.2, 0.25) is 5.91 Å². The Hall–Kier alpha value is -3.21. The minimum absolute atomic E-state index is 0.0815. The van der Waals surface area contributed by atoms with Crippen molar-refractivity contribution in [2.75, 3.05) is 6.61 Å². The van der Waals surface area contributed by atoms with Gasteiger partial charge in [0.05, 0.1) is 18.8 Å². The molecule has 0 aliphatic rings. The van der Waals surface area contributed by atoms with Crippen molar-refractivity contribution in [3.63, 3.8) is 0 Å². The summed E-state index contributed by atoms with van der Waals surface area (Å²) in [6.45, 7) is 4.19. The third-order valence-corrected chi connectivity index (χ3v) is 13.9. The van der Waals surface area contributed by atoms with Crippen molar-refractivity contribution in [1.82, 2.24) is 5.32 Å². The molecular weight excluding hydrogens is 903 g/mol. The molecule has 0 aliphatic heterocycles. The molecule has 0 aromatic heterocycles. The second-order valence-electron chi connectivity index (χ2n) is 21.1. The van der Waals surface area contributed by atoms with Gasteiger partial charge in [-0.1, -0.05) is 309 Å². The average molecular weight is 1020 g/mol. The largest absolute Gasteiger partial charge is 0.394 e. The Morgan fingerprint density at radius 2 is 0.608 bits per heavy atom. The van der Waals surface area contributed by atoms with Gasteiger partial charge in [-0.15, -0.1) is 0 Å². The predicted molar refractivity (Wildman–Crippen MR) is 331 cm³/mol. The van der Waals surface area contributed by atoms with E-state index in [1.807, 2.05) is 6.08 Å². The molecule has 424 valence electrons. The van der Waals surface area contributed by atoms with E-state index in [1.165, 1.54) is 193 Å². The van der Waals surface area contributed by atoms with Gasteiger partial charge < -0.3 is 15.5 Å². The quantitative estimate of drug-likeness (QED) is 0.0420. The molecule has 2 atom stereocenters. The van der Waals surface area contributed by atoms with Crippen LogP contribution in [-0.2, 0) is 4.79 Å². The van der Waals surface area contributed by atoms with Gasteiger partial charge >= 0.3 is 0 Å². The SMILES string of the molecule is CC/C=C\C/C=C\C/C=C\C/C=C\C/C=C\C/C=C\C/C=C\CCCCCCCCCCCCCCCC(=O)NC(CO)C(O)/C=C/CC/C=C/CC/C=C/CCCCCCCCCCCCCCCCCCC. The van der Waals surface area contributed by atoms with Crippen molar-refractivity contribution in [2.24, 2.45) is 0 Å². The summed E-state index contributed by atoms with van der Waals surface area (Å²) in [5, 5.41) is 23.2. The Kier molecular flexibility index (Phi) is 61.3. The predicted octanol–water partition coefficient (Wildman–Crippen LogP) is 21.6. The summed E-state index contributed by atoms with van der Waals surface area (Å²) < 4.78 is 0. The molecule has 3 N–H and O–H groups in total. The molecule has 1 amide bonds. The summed E-state index contributed by atoms with van der Waals surface area (Å²) in [5.41, 5.74) is 0. The lowest BCUT2D eigenvalue weighted by molar-refractivity contribution is -0.123. The first-order valence-electron chi connectivity index (χ1n) is 31.7. The lowest BCUT2D eigenvalue weighted by Gasteiger charge is -2.19. The monoisotopic (exact) mass is 1020 g/mol. The Morgan fingerprint density at radius 1 is 0.338 bits per heavy atom. The fourth-order valence-corrected chi connectivity index (χ4v) is 9.13. The van der Waals surface area contributed by atoms with Crippen molar-refractivity contribution in [2.45, 2.75) is 309 Å². The normalized spacial score (nSPS) is 13.6. The zero-order valence-corrected chi connectivity index (χ0v) is 48.8.